The molecule has 0 unspecified atom stereocenters. The zero-order valence-electron chi connectivity index (χ0n) is 3.36. The Morgan fingerprint density at radius 3 is 2.83 bits per heavy atom. The Morgan fingerprint density at radius 2 is 2.67 bits per heavy atom. The lowest BCUT2D eigenvalue weighted by molar-refractivity contribution is 1.95. The molecule has 0 aromatic heterocycles. The first-order valence-electron chi connectivity index (χ1n) is 1.76. The summed E-state index contributed by atoms with van der Waals surface area (Å²) < 4.78 is 0. The fraction of sp³-hybridized carbons (Fsp3) is 0. The van der Waals surface area contributed by atoms with Crippen LogP contribution in [-0.4, -0.2) is 0 Å². The molecule has 0 atom stereocenters. The topological polar surface area (TPSA) is 0 Å². The smallest absolute Gasteiger partial charge is 0.0319 e. The van der Waals surface area contributed by atoms with Crippen LogP contribution in [0.3, 0.4) is 0 Å². The fourth-order valence-corrected chi connectivity index (χ4v) is 0.235. The molecule has 0 fully saturated rings. The summed E-state index contributed by atoms with van der Waals surface area (Å²) in [6.07, 6.45) is 3.68. The van der Waals surface area contributed by atoms with E-state index in [1.807, 2.05) is 6.08 Å². The van der Waals surface area contributed by atoms with Crippen LogP contribution in [0, 0.1) is 0 Å². The van der Waals surface area contributed by atoms with E-state index >= 15 is 0 Å². The molecular weight excluding hydrogens is 72.1 g/mol. The summed E-state index contributed by atoms with van der Waals surface area (Å²) in [5.41, 5.74) is 6.61. The van der Waals surface area contributed by atoms with Gasteiger partial charge in [-0.25, -0.2) is 0 Å². The zero-order chi connectivity index (χ0) is 4.41. The van der Waals surface area contributed by atoms with Crippen molar-refractivity contribution in [2.24, 2.45) is 0 Å². The van der Waals surface area contributed by atoms with Gasteiger partial charge < -0.3 is 0 Å². The Balaban J connectivity index is 2.59. The van der Waals surface area contributed by atoms with Gasteiger partial charge in [-0.05, 0) is 12.2 Å². The molecule has 0 radical (unpaired) electrons. The minimum absolute atomic E-state index is 1.12. The van der Waals surface area contributed by atoms with Crippen LogP contribution in [-0.2, 0) is 0 Å². The van der Waals surface area contributed by atoms with E-state index in [1.165, 1.54) is 0 Å². The van der Waals surface area contributed by atoms with Gasteiger partial charge >= 0.3 is 0 Å². The summed E-state index contributed by atoms with van der Waals surface area (Å²) in [5.74, 6) is 0. The Kier molecular flexibility index (Phi) is 0.552. The monoisotopic (exact) mass is 76.0 g/mol. The first-order chi connectivity index (χ1) is 2.93. The van der Waals surface area contributed by atoms with Crippen LogP contribution in [0.15, 0.2) is 35.8 Å². The predicted molar refractivity (Wildman–Crippen MR) is 25.3 cm³/mol. The van der Waals surface area contributed by atoms with Crippen LogP contribution in [0.2, 0.25) is 0 Å². The third-order valence-corrected chi connectivity index (χ3v) is 0.569. The molecular formula is C6H4. The van der Waals surface area contributed by atoms with E-state index in [4.69, 9.17) is 0 Å². The molecule has 0 nitrogen and oxygen atoms in total. The molecule has 0 N–H and O–H groups in total. The standard InChI is InChI=1S/C6H4/c1-2-3-6-4-5-6/h3-4H,1H2. The third-order valence-electron chi connectivity index (χ3n) is 0.569. The van der Waals surface area contributed by atoms with Crippen molar-refractivity contribution in [3.05, 3.63) is 35.8 Å². The van der Waals surface area contributed by atoms with Crippen molar-refractivity contribution in [3.8, 4) is 0 Å². The maximum absolute atomic E-state index is 3.38. The van der Waals surface area contributed by atoms with Crippen LogP contribution in [0.4, 0.5) is 0 Å². The van der Waals surface area contributed by atoms with Crippen LogP contribution in [0.1, 0.15) is 0 Å². The minimum Gasteiger partial charge on any atom is -0.127 e. The lowest BCUT2D eigenvalue weighted by Gasteiger charge is -1.57. The van der Waals surface area contributed by atoms with Crippen LogP contribution >= 0.6 is 0 Å². The Bertz CT molecular complexity index is 144. The Labute approximate surface area is 36.8 Å². The highest BCUT2D eigenvalue weighted by molar-refractivity contribution is 5.40. The average Bonchev–Trinajstić information content (AvgIpc) is 2.21. The van der Waals surface area contributed by atoms with Crippen molar-refractivity contribution in [1.29, 1.82) is 0 Å². The lowest BCUT2D eigenvalue weighted by atomic mass is 10.5. The Morgan fingerprint density at radius 1 is 2.00 bits per heavy atom. The van der Waals surface area contributed by atoms with Crippen molar-refractivity contribution in [2.45, 2.75) is 0 Å². The van der Waals surface area contributed by atoms with Crippen molar-refractivity contribution in [2.75, 3.05) is 0 Å². The summed E-state index contributed by atoms with van der Waals surface area (Å²) in [7, 11) is 0. The summed E-state index contributed by atoms with van der Waals surface area (Å²) >= 11 is 0. The fourth-order valence-electron chi connectivity index (χ4n) is 0.235. The molecule has 28 valence electrons. The van der Waals surface area contributed by atoms with Gasteiger partial charge in [0.25, 0.3) is 0 Å². The van der Waals surface area contributed by atoms with Gasteiger partial charge in [-0.15, -0.1) is 11.5 Å². The summed E-state index contributed by atoms with van der Waals surface area (Å²) in [6, 6.07) is 0. The third kappa shape index (κ3) is 0.498. The van der Waals surface area contributed by atoms with E-state index in [-0.39, 0.29) is 0 Å². The molecule has 1 aliphatic carbocycles. The summed E-state index contributed by atoms with van der Waals surface area (Å²) in [6.45, 7) is 3.38. The van der Waals surface area contributed by atoms with Gasteiger partial charge in [0.05, 0.1) is 0 Å². The molecule has 0 spiro atoms. The molecule has 0 saturated carbocycles. The van der Waals surface area contributed by atoms with Gasteiger partial charge in [0.15, 0.2) is 0 Å². The normalized spacial score (nSPS) is 12.3. The first kappa shape index (κ1) is 3.24. The van der Waals surface area contributed by atoms with Gasteiger partial charge in [0.1, 0.15) is 0 Å². The number of hydrogen-bond acceptors (Lipinski definition) is 0. The number of hydrogen-bond donors (Lipinski definition) is 0. The lowest BCUT2D eigenvalue weighted by Crippen LogP contribution is -1.40. The molecule has 6 heavy (non-hydrogen) atoms. The molecule has 1 aliphatic rings. The van der Waals surface area contributed by atoms with Gasteiger partial charge in [-0.1, -0.05) is 6.58 Å². The van der Waals surface area contributed by atoms with E-state index in [0.29, 0.717) is 0 Å². The van der Waals surface area contributed by atoms with E-state index in [1.54, 1.807) is 6.08 Å². The highest BCUT2D eigenvalue weighted by Crippen LogP contribution is 2.04. The van der Waals surface area contributed by atoms with E-state index < -0.39 is 0 Å². The highest BCUT2D eigenvalue weighted by atomic mass is 13.9. The predicted octanol–water partition coefficient (Wildman–Crippen LogP) is 1.42. The molecule has 0 amide bonds. The molecule has 1 rings (SSSR count). The second-order valence-electron chi connectivity index (χ2n) is 1.09. The first-order valence-corrected chi connectivity index (χ1v) is 1.76. The summed E-state index contributed by atoms with van der Waals surface area (Å²) in [5, 5.41) is 0. The van der Waals surface area contributed by atoms with Gasteiger partial charge in [-0.2, -0.15) is 0 Å². The van der Waals surface area contributed by atoms with Gasteiger partial charge in [-0.3, -0.25) is 0 Å². The van der Waals surface area contributed by atoms with Gasteiger partial charge in [0, 0.05) is 5.57 Å². The maximum Gasteiger partial charge on any atom is 0.0319 e. The van der Waals surface area contributed by atoms with Crippen molar-refractivity contribution < 1.29 is 0 Å². The zero-order valence-corrected chi connectivity index (χ0v) is 3.36. The average molecular weight is 76.1 g/mol. The quantitative estimate of drug-likeness (QED) is 0.414. The van der Waals surface area contributed by atoms with E-state index in [2.05, 4.69) is 18.0 Å². The van der Waals surface area contributed by atoms with Crippen molar-refractivity contribution >= 4 is 0 Å². The van der Waals surface area contributed by atoms with E-state index in [9.17, 15) is 0 Å². The summed E-state index contributed by atoms with van der Waals surface area (Å²) in [4.78, 5) is 0. The number of rotatable bonds is 1. The second-order valence-corrected chi connectivity index (χ2v) is 1.09. The molecule has 0 saturated heterocycles. The molecule has 0 aromatic rings. The van der Waals surface area contributed by atoms with Gasteiger partial charge in [0.2, 0.25) is 0 Å². The SMILES string of the molecule is C=C=CC1=C=C1. The largest absolute Gasteiger partial charge is 0.127 e. The van der Waals surface area contributed by atoms with Crippen LogP contribution in [0.5, 0.6) is 0 Å². The maximum atomic E-state index is 3.38. The van der Waals surface area contributed by atoms with E-state index in [0.717, 1.165) is 5.57 Å². The van der Waals surface area contributed by atoms with Crippen LogP contribution < -0.4 is 0 Å². The number of allylic oxidation sites excluding steroid dienone is 2. The molecule has 0 aliphatic heterocycles. The molecule has 0 bridgehead atoms. The molecule has 0 aromatic carbocycles. The minimum atomic E-state index is 1.12. The Hall–Kier alpha value is -0.960. The van der Waals surface area contributed by atoms with Crippen LogP contribution in [0.25, 0.3) is 0 Å². The molecule has 0 heterocycles. The second kappa shape index (κ2) is 1.02. The van der Waals surface area contributed by atoms with Crippen molar-refractivity contribution in [1.82, 2.24) is 0 Å². The highest BCUT2D eigenvalue weighted by Gasteiger charge is 1.88. The van der Waals surface area contributed by atoms with Crippen molar-refractivity contribution in [3.63, 3.8) is 0 Å². The molecule has 0 heteroatoms.